The standard InChI is InChI=1S/C19H23N3O2/c1-3-22(4-2)17(18(23)20-15-11-7-5-8-12-15)19(24)21-16-13-9-6-10-14-16/h5-14,17H,3-4H2,1-2H3,(H,20,23)(H,21,24). The van der Waals surface area contributed by atoms with Crippen LogP contribution in [0, 0.1) is 0 Å². The van der Waals surface area contributed by atoms with E-state index in [1.165, 1.54) is 0 Å². The number of anilines is 2. The highest BCUT2D eigenvalue weighted by atomic mass is 16.2. The van der Waals surface area contributed by atoms with Crippen LogP contribution in [-0.2, 0) is 9.59 Å². The van der Waals surface area contributed by atoms with E-state index >= 15 is 0 Å². The van der Waals surface area contributed by atoms with Crippen molar-refractivity contribution in [3.63, 3.8) is 0 Å². The van der Waals surface area contributed by atoms with Crippen molar-refractivity contribution in [1.82, 2.24) is 4.90 Å². The van der Waals surface area contributed by atoms with E-state index in [0.29, 0.717) is 24.5 Å². The molecule has 24 heavy (non-hydrogen) atoms. The number of nitrogens with one attached hydrogen (secondary N) is 2. The van der Waals surface area contributed by atoms with Crippen LogP contribution in [0.15, 0.2) is 60.7 Å². The molecule has 0 saturated heterocycles. The van der Waals surface area contributed by atoms with Gasteiger partial charge in [-0.2, -0.15) is 0 Å². The van der Waals surface area contributed by atoms with Crippen LogP contribution in [-0.4, -0.2) is 35.8 Å². The van der Waals surface area contributed by atoms with Crippen molar-refractivity contribution in [2.45, 2.75) is 19.9 Å². The average molecular weight is 325 g/mol. The van der Waals surface area contributed by atoms with Gasteiger partial charge in [0.25, 0.3) is 11.8 Å². The summed E-state index contributed by atoms with van der Waals surface area (Å²) < 4.78 is 0. The summed E-state index contributed by atoms with van der Waals surface area (Å²) in [7, 11) is 0. The molecule has 5 nitrogen and oxygen atoms in total. The van der Waals surface area contributed by atoms with Crippen LogP contribution >= 0.6 is 0 Å². The summed E-state index contributed by atoms with van der Waals surface area (Å²) in [4.78, 5) is 27.2. The van der Waals surface area contributed by atoms with Crippen LogP contribution in [0.3, 0.4) is 0 Å². The molecule has 5 heteroatoms. The van der Waals surface area contributed by atoms with Gasteiger partial charge in [-0.25, -0.2) is 0 Å². The maximum Gasteiger partial charge on any atom is 0.251 e. The summed E-state index contributed by atoms with van der Waals surface area (Å²) in [6, 6.07) is 17.4. The van der Waals surface area contributed by atoms with E-state index < -0.39 is 6.04 Å². The third kappa shape index (κ3) is 4.67. The van der Waals surface area contributed by atoms with E-state index in [2.05, 4.69) is 10.6 Å². The lowest BCUT2D eigenvalue weighted by Crippen LogP contribution is -2.51. The van der Waals surface area contributed by atoms with Gasteiger partial charge < -0.3 is 10.6 Å². The molecule has 0 aliphatic rings. The molecule has 0 heterocycles. The second-order valence-corrected chi connectivity index (χ2v) is 5.33. The number of amides is 2. The summed E-state index contributed by atoms with van der Waals surface area (Å²) in [5.41, 5.74) is 1.35. The summed E-state index contributed by atoms with van der Waals surface area (Å²) in [5.74, 6) is -0.670. The van der Waals surface area contributed by atoms with Crippen molar-refractivity contribution in [1.29, 1.82) is 0 Å². The molecule has 0 bridgehead atoms. The van der Waals surface area contributed by atoms with Crippen LogP contribution in [0.5, 0.6) is 0 Å². The number of nitrogens with zero attached hydrogens (tertiary/aromatic N) is 1. The normalized spacial score (nSPS) is 10.7. The predicted octanol–water partition coefficient (Wildman–Crippen LogP) is 2.97. The lowest BCUT2D eigenvalue weighted by atomic mass is 10.2. The van der Waals surface area contributed by atoms with Crippen molar-refractivity contribution in [2.24, 2.45) is 0 Å². The van der Waals surface area contributed by atoms with Crippen molar-refractivity contribution >= 4 is 23.2 Å². The highest BCUT2D eigenvalue weighted by Gasteiger charge is 2.31. The zero-order chi connectivity index (χ0) is 17.4. The second-order valence-electron chi connectivity index (χ2n) is 5.33. The fourth-order valence-electron chi connectivity index (χ4n) is 2.50. The molecule has 0 aromatic heterocycles. The smallest absolute Gasteiger partial charge is 0.251 e. The van der Waals surface area contributed by atoms with Gasteiger partial charge in [0.05, 0.1) is 0 Å². The van der Waals surface area contributed by atoms with Crippen LogP contribution < -0.4 is 10.6 Å². The second kappa shape index (κ2) is 8.84. The number of likely N-dealkylation sites (N-methyl/N-ethyl adjacent to an activating group) is 1. The molecule has 2 aromatic rings. The third-order valence-corrected chi connectivity index (χ3v) is 3.76. The average Bonchev–Trinajstić information content (AvgIpc) is 2.61. The van der Waals surface area contributed by atoms with Crippen molar-refractivity contribution < 1.29 is 9.59 Å². The summed E-state index contributed by atoms with van der Waals surface area (Å²) in [6.45, 7) is 5.07. The first kappa shape index (κ1) is 17.7. The Morgan fingerprint density at radius 1 is 0.792 bits per heavy atom. The quantitative estimate of drug-likeness (QED) is 0.769. The summed E-state index contributed by atoms with van der Waals surface area (Å²) in [6.07, 6.45) is 0. The van der Waals surface area contributed by atoms with E-state index in [0.717, 1.165) is 0 Å². The summed E-state index contributed by atoms with van der Waals surface area (Å²) >= 11 is 0. The molecule has 0 aliphatic carbocycles. The lowest BCUT2D eigenvalue weighted by molar-refractivity contribution is -0.131. The zero-order valence-electron chi connectivity index (χ0n) is 14.0. The van der Waals surface area contributed by atoms with Gasteiger partial charge in [-0.15, -0.1) is 0 Å². The lowest BCUT2D eigenvalue weighted by Gasteiger charge is -2.27. The minimum atomic E-state index is -0.889. The van der Waals surface area contributed by atoms with E-state index in [-0.39, 0.29) is 11.8 Å². The van der Waals surface area contributed by atoms with Gasteiger partial charge in [0, 0.05) is 11.4 Å². The Labute approximate surface area is 142 Å². The Hall–Kier alpha value is -2.66. The molecule has 2 rings (SSSR count). The molecule has 0 radical (unpaired) electrons. The van der Waals surface area contributed by atoms with Gasteiger partial charge in [-0.3, -0.25) is 14.5 Å². The fraction of sp³-hybridized carbons (Fsp3) is 0.263. The highest BCUT2D eigenvalue weighted by molar-refractivity contribution is 6.14. The summed E-state index contributed by atoms with van der Waals surface area (Å²) in [5, 5.41) is 5.63. The molecule has 2 amide bonds. The maximum absolute atomic E-state index is 12.7. The van der Waals surface area contributed by atoms with Crippen LogP contribution in [0.25, 0.3) is 0 Å². The third-order valence-electron chi connectivity index (χ3n) is 3.76. The Bertz CT molecular complexity index is 601. The Morgan fingerprint density at radius 2 is 1.17 bits per heavy atom. The highest BCUT2D eigenvalue weighted by Crippen LogP contribution is 2.12. The fourth-order valence-corrected chi connectivity index (χ4v) is 2.50. The molecule has 2 N–H and O–H groups in total. The first-order chi connectivity index (χ1) is 11.7. The molecule has 0 spiro atoms. The Balaban J connectivity index is 2.17. The van der Waals surface area contributed by atoms with Crippen molar-refractivity contribution in [3.05, 3.63) is 60.7 Å². The van der Waals surface area contributed by atoms with Gasteiger partial charge in [-0.1, -0.05) is 50.2 Å². The predicted molar refractivity (Wildman–Crippen MR) is 96.9 cm³/mol. The van der Waals surface area contributed by atoms with Gasteiger partial charge in [0.15, 0.2) is 6.04 Å². The van der Waals surface area contributed by atoms with E-state index in [1.807, 2.05) is 55.1 Å². The number of hydrogen-bond donors (Lipinski definition) is 2. The van der Waals surface area contributed by atoms with Gasteiger partial charge in [0.1, 0.15) is 0 Å². The molecule has 126 valence electrons. The molecule has 0 fully saturated rings. The van der Waals surface area contributed by atoms with Crippen molar-refractivity contribution in [3.8, 4) is 0 Å². The van der Waals surface area contributed by atoms with Gasteiger partial charge >= 0.3 is 0 Å². The Kier molecular flexibility index (Phi) is 6.51. The van der Waals surface area contributed by atoms with E-state index in [9.17, 15) is 9.59 Å². The van der Waals surface area contributed by atoms with Crippen LogP contribution in [0.1, 0.15) is 13.8 Å². The van der Waals surface area contributed by atoms with E-state index in [4.69, 9.17) is 0 Å². The van der Waals surface area contributed by atoms with Crippen LogP contribution in [0.2, 0.25) is 0 Å². The number of rotatable bonds is 7. The zero-order valence-corrected chi connectivity index (χ0v) is 14.0. The van der Waals surface area contributed by atoms with Crippen LogP contribution in [0.4, 0.5) is 11.4 Å². The number of hydrogen-bond acceptors (Lipinski definition) is 3. The molecule has 0 atom stereocenters. The molecular formula is C19H23N3O2. The first-order valence-corrected chi connectivity index (χ1v) is 8.11. The first-order valence-electron chi connectivity index (χ1n) is 8.11. The SMILES string of the molecule is CCN(CC)C(C(=O)Nc1ccccc1)C(=O)Nc1ccccc1. The largest absolute Gasteiger partial charge is 0.324 e. The molecule has 0 unspecified atom stereocenters. The van der Waals surface area contributed by atoms with Gasteiger partial charge in [0.2, 0.25) is 0 Å². The maximum atomic E-state index is 12.7. The number of para-hydroxylation sites is 2. The minimum absolute atomic E-state index is 0.335. The monoisotopic (exact) mass is 325 g/mol. The molecule has 0 aliphatic heterocycles. The number of benzene rings is 2. The van der Waals surface area contributed by atoms with Gasteiger partial charge in [-0.05, 0) is 37.4 Å². The number of carbonyl (C=O) groups excluding carboxylic acids is 2. The number of carbonyl (C=O) groups is 2. The molecule has 2 aromatic carbocycles. The molecule has 0 saturated carbocycles. The molecular weight excluding hydrogens is 302 g/mol. The minimum Gasteiger partial charge on any atom is -0.324 e. The topological polar surface area (TPSA) is 61.4 Å². The van der Waals surface area contributed by atoms with Crippen molar-refractivity contribution in [2.75, 3.05) is 23.7 Å². The Morgan fingerprint density at radius 3 is 1.50 bits per heavy atom. The van der Waals surface area contributed by atoms with E-state index in [1.54, 1.807) is 24.3 Å².